The van der Waals surface area contributed by atoms with E-state index in [9.17, 15) is 0 Å². The Kier molecular flexibility index (Phi) is 4.76. The van der Waals surface area contributed by atoms with Gasteiger partial charge in [-0.1, -0.05) is 6.08 Å². The molecule has 0 aromatic carbocycles. The third kappa shape index (κ3) is 4.78. The zero-order chi connectivity index (χ0) is 7.78. The molecule has 0 aliphatic carbocycles. The topological polar surface area (TPSA) is 48.1 Å². The Morgan fingerprint density at radius 1 is 0.909 bits per heavy atom. The lowest BCUT2D eigenvalue weighted by Gasteiger charge is -2.11. The van der Waals surface area contributed by atoms with E-state index in [1.165, 1.54) is 0 Å². The second kappa shape index (κ2) is 6.15. The van der Waals surface area contributed by atoms with Crippen molar-refractivity contribution in [3.8, 4) is 0 Å². The van der Waals surface area contributed by atoms with Crippen LogP contribution in [0.15, 0.2) is 12.3 Å². The highest BCUT2D eigenvalue weighted by atomic mass is 15.4. The second-order valence-electron chi connectivity index (χ2n) is 2.43. The van der Waals surface area contributed by atoms with Crippen molar-refractivity contribution < 1.29 is 0 Å². The molecule has 0 unspecified atom stereocenters. The Bertz CT molecular complexity index is 91.5. The van der Waals surface area contributed by atoms with E-state index < -0.39 is 0 Å². The van der Waals surface area contributed by atoms with Crippen molar-refractivity contribution in [2.45, 2.75) is 0 Å². The predicted octanol–water partition coefficient (Wildman–Crippen LogP) is -1.21. The summed E-state index contributed by atoms with van der Waals surface area (Å²) in [6, 6.07) is 0. The van der Waals surface area contributed by atoms with Crippen LogP contribution < -0.4 is 21.5 Å². The van der Waals surface area contributed by atoms with Crippen molar-refractivity contribution in [2.24, 2.45) is 0 Å². The minimum absolute atomic E-state index is 0.958. The molecule has 2 rings (SSSR count). The first-order valence-electron chi connectivity index (χ1n) is 4.05. The fraction of sp³-hybridized carbons (Fsp3) is 0.714. The van der Waals surface area contributed by atoms with Gasteiger partial charge in [-0.3, -0.25) is 0 Å². The van der Waals surface area contributed by atoms with E-state index in [1.807, 2.05) is 12.3 Å². The molecule has 0 spiro atoms. The Morgan fingerprint density at radius 2 is 1.55 bits per heavy atom. The highest BCUT2D eigenvalue weighted by molar-refractivity contribution is 4.85. The van der Waals surface area contributed by atoms with Crippen LogP contribution in [0.3, 0.4) is 0 Å². The number of piperazine rings is 1. The summed E-state index contributed by atoms with van der Waals surface area (Å²) in [6.07, 6.45) is 3.89. The zero-order valence-corrected chi connectivity index (χ0v) is 6.69. The zero-order valence-electron chi connectivity index (χ0n) is 6.69. The van der Waals surface area contributed by atoms with Crippen LogP contribution in [0.2, 0.25) is 0 Å². The van der Waals surface area contributed by atoms with Crippen LogP contribution in [0, 0.1) is 0 Å². The number of nitrogens with one attached hydrogen (secondary N) is 4. The summed E-state index contributed by atoms with van der Waals surface area (Å²) in [5.41, 5.74) is 5.65. The minimum atomic E-state index is 0.958. The maximum atomic E-state index is 3.22. The molecule has 0 bridgehead atoms. The Hall–Kier alpha value is -0.580. The van der Waals surface area contributed by atoms with E-state index in [1.54, 1.807) is 0 Å². The largest absolute Gasteiger partial charge is 0.329 e. The molecule has 4 heteroatoms. The maximum absolute atomic E-state index is 3.22. The van der Waals surface area contributed by atoms with Gasteiger partial charge in [0.1, 0.15) is 0 Å². The number of hydrazine groups is 1. The van der Waals surface area contributed by atoms with Gasteiger partial charge in [0.05, 0.1) is 0 Å². The monoisotopic (exact) mass is 156 g/mol. The molecule has 64 valence electrons. The minimum Gasteiger partial charge on any atom is -0.329 e. The highest BCUT2D eigenvalue weighted by Crippen LogP contribution is 1.67. The maximum Gasteiger partial charge on any atom is 0.0345 e. The quantitative estimate of drug-likeness (QED) is 0.355. The summed E-state index contributed by atoms with van der Waals surface area (Å²) in [4.78, 5) is 0. The fourth-order valence-corrected chi connectivity index (χ4v) is 0.898. The number of hydrogen-bond acceptors (Lipinski definition) is 4. The third-order valence-electron chi connectivity index (χ3n) is 1.48. The first-order valence-corrected chi connectivity index (χ1v) is 4.05. The molecule has 0 saturated carbocycles. The van der Waals surface area contributed by atoms with Crippen molar-refractivity contribution in [2.75, 3.05) is 32.7 Å². The number of rotatable bonds is 0. The molecule has 4 nitrogen and oxygen atoms in total. The van der Waals surface area contributed by atoms with Gasteiger partial charge >= 0.3 is 0 Å². The first kappa shape index (κ1) is 8.52. The normalized spacial score (nSPS) is 21.8. The van der Waals surface area contributed by atoms with E-state index in [0.29, 0.717) is 0 Å². The average molecular weight is 156 g/mol. The van der Waals surface area contributed by atoms with Crippen LogP contribution in [0.5, 0.6) is 0 Å². The summed E-state index contributed by atoms with van der Waals surface area (Å²) in [7, 11) is 0. The van der Waals surface area contributed by atoms with Gasteiger partial charge < -0.3 is 16.1 Å². The van der Waals surface area contributed by atoms with Gasteiger partial charge in [-0.2, -0.15) is 0 Å². The van der Waals surface area contributed by atoms with Crippen molar-refractivity contribution in [1.82, 2.24) is 21.5 Å². The summed E-state index contributed by atoms with van der Waals surface area (Å²) in [5.74, 6) is 0. The Morgan fingerprint density at radius 3 is 1.73 bits per heavy atom. The third-order valence-corrected chi connectivity index (χ3v) is 1.48. The van der Waals surface area contributed by atoms with Gasteiger partial charge in [0.15, 0.2) is 0 Å². The summed E-state index contributed by atoms with van der Waals surface area (Å²) in [5, 5.41) is 6.44. The van der Waals surface area contributed by atoms with Gasteiger partial charge in [-0.15, -0.1) is 0 Å². The van der Waals surface area contributed by atoms with Gasteiger partial charge in [-0.25, -0.2) is 5.43 Å². The highest BCUT2D eigenvalue weighted by Gasteiger charge is 1.91. The van der Waals surface area contributed by atoms with Crippen LogP contribution in [-0.4, -0.2) is 32.7 Å². The van der Waals surface area contributed by atoms with Crippen LogP contribution in [0.25, 0.3) is 0 Å². The molecule has 0 atom stereocenters. The molecule has 0 aromatic heterocycles. The van der Waals surface area contributed by atoms with Crippen LogP contribution in [-0.2, 0) is 0 Å². The SMILES string of the molecule is C1=CNNC1.C1CNCCN1. The van der Waals surface area contributed by atoms with Crippen LogP contribution >= 0.6 is 0 Å². The molecule has 2 aliphatic heterocycles. The summed E-state index contributed by atoms with van der Waals surface area (Å²) >= 11 is 0. The van der Waals surface area contributed by atoms with E-state index in [2.05, 4.69) is 21.5 Å². The molecule has 0 amide bonds. The molecular weight excluding hydrogens is 140 g/mol. The van der Waals surface area contributed by atoms with E-state index in [4.69, 9.17) is 0 Å². The van der Waals surface area contributed by atoms with Gasteiger partial charge in [0.25, 0.3) is 0 Å². The summed E-state index contributed by atoms with van der Waals surface area (Å²) in [6.45, 7) is 5.51. The molecule has 0 radical (unpaired) electrons. The molecule has 1 fully saturated rings. The lowest BCUT2D eigenvalue weighted by molar-refractivity contribution is 0.534. The van der Waals surface area contributed by atoms with Gasteiger partial charge in [0.2, 0.25) is 0 Å². The van der Waals surface area contributed by atoms with E-state index in [-0.39, 0.29) is 0 Å². The lowest BCUT2D eigenvalue weighted by Crippen LogP contribution is -2.39. The Balaban J connectivity index is 0.000000112. The molecule has 2 aliphatic rings. The molecule has 2 heterocycles. The van der Waals surface area contributed by atoms with Crippen LogP contribution in [0.1, 0.15) is 0 Å². The molecule has 0 aromatic rings. The molecular formula is C7H16N4. The van der Waals surface area contributed by atoms with Crippen molar-refractivity contribution >= 4 is 0 Å². The predicted molar refractivity (Wildman–Crippen MR) is 46.0 cm³/mol. The van der Waals surface area contributed by atoms with Gasteiger partial charge in [-0.05, 0) is 0 Å². The smallest absolute Gasteiger partial charge is 0.0345 e. The molecule has 1 saturated heterocycles. The lowest BCUT2D eigenvalue weighted by atomic mass is 10.4. The van der Waals surface area contributed by atoms with Crippen molar-refractivity contribution in [3.05, 3.63) is 12.3 Å². The first-order chi connectivity index (χ1) is 5.50. The average Bonchev–Trinajstić information content (AvgIpc) is 2.64. The Labute approximate surface area is 67.4 Å². The standard InChI is InChI=1S/C4H10N2.C3H6N2/c1-2-6-4-3-5-1;1-2-4-5-3-1/h5-6H,1-4H2;1-2,4-5H,3H2. The number of hydrogen-bond donors (Lipinski definition) is 4. The second-order valence-corrected chi connectivity index (χ2v) is 2.43. The van der Waals surface area contributed by atoms with Crippen LogP contribution in [0.4, 0.5) is 0 Å². The molecule has 11 heavy (non-hydrogen) atoms. The van der Waals surface area contributed by atoms with E-state index >= 15 is 0 Å². The van der Waals surface area contributed by atoms with Crippen molar-refractivity contribution in [3.63, 3.8) is 0 Å². The van der Waals surface area contributed by atoms with E-state index in [0.717, 1.165) is 32.7 Å². The fourth-order valence-electron chi connectivity index (χ4n) is 0.898. The molecule has 4 N–H and O–H groups in total. The van der Waals surface area contributed by atoms with Crippen molar-refractivity contribution in [1.29, 1.82) is 0 Å². The summed E-state index contributed by atoms with van der Waals surface area (Å²) < 4.78 is 0. The van der Waals surface area contributed by atoms with Gasteiger partial charge in [0, 0.05) is 38.9 Å².